The summed E-state index contributed by atoms with van der Waals surface area (Å²) in [6, 6.07) is 6.49. The Labute approximate surface area is 129 Å². The van der Waals surface area contributed by atoms with E-state index in [1.807, 2.05) is 18.2 Å². The molecule has 0 heterocycles. The van der Waals surface area contributed by atoms with Gasteiger partial charge >= 0.3 is 5.97 Å². The topological polar surface area (TPSA) is 47.6 Å². The van der Waals surface area contributed by atoms with Crippen LogP contribution in [-0.2, 0) is 16.1 Å². The van der Waals surface area contributed by atoms with Crippen molar-refractivity contribution < 1.29 is 14.3 Å². The molecule has 0 radical (unpaired) electrons. The lowest BCUT2D eigenvalue weighted by atomic mass is 10.2. The minimum absolute atomic E-state index is 0.206. The highest BCUT2D eigenvalue weighted by molar-refractivity contribution is 9.10. The van der Waals surface area contributed by atoms with Gasteiger partial charge < -0.3 is 14.8 Å². The van der Waals surface area contributed by atoms with E-state index in [0.29, 0.717) is 25.5 Å². The summed E-state index contributed by atoms with van der Waals surface area (Å²) in [6.07, 6.45) is 1.03. The zero-order valence-corrected chi connectivity index (χ0v) is 13.8. The van der Waals surface area contributed by atoms with E-state index in [2.05, 4.69) is 39.8 Å². The molecule has 0 bridgehead atoms. The van der Waals surface area contributed by atoms with E-state index in [0.717, 1.165) is 16.8 Å². The summed E-state index contributed by atoms with van der Waals surface area (Å²) < 4.78 is 11.1. The molecule has 1 aromatic carbocycles. The van der Waals surface area contributed by atoms with Crippen molar-refractivity contribution in [3.63, 3.8) is 0 Å². The molecule has 0 fully saturated rings. The van der Waals surface area contributed by atoms with Gasteiger partial charge in [-0.25, -0.2) is 0 Å². The van der Waals surface area contributed by atoms with Gasteiger partial charge in [-0.1, -0.05) is 19.9 Å². The quantitative estimate of drug-likeness (QED) is 0.581. The van der Waals surface area contributed by atoms with Crippen LogP contribution < -0.4 is 10.1 Å². The van der Waals surface area contributed by atoms with Crippen molar-refractivity contribution in [3.8, 4) is 5.75 Å². The van der Waals surface area contributed by atoms with Crippen LogP contribution in [0.15, 0.2) is 22.7 Å². The molecule has 4 nitrogen and oxygen atoms in total. The van der Waals surface area contributed by atoms with Crippen LogP contribution in [-0.4, -0.2) is 25.7 Å². The maximum Gasteiger partial charge on any atom is 0.305 e. The second-order valence-electron chi connectivity index (χ2n) is 4.83. The molecule has 1 rings (SSSR count). The van der Waals surface area contributed by atoms with Crippen LogP contribution >= 0.6 is 15.9 Å². The summed E-state index contributed by atoms with van der Waals surface area (Å²) >= 11 is 3.50. The van der Waals surface area contributed by atoms with Gasteiger partial charge in [-0.05, 0) is 40.0 Å². The molecule has 0 aromatic heterocycles. The fourth-order valence-corrected chi connectivity index (χ4v) is 2.13. The maximum absolute atomic E-state index is 11.0. The Morgan fingerprint density at radius 2 is 2.15 bits per heavy atom. The van der Waals surface area contributed by atoms with Crippen molar-refractivity contribution in [2.75, 3.05) is 13.7 Å². The molecular formula is C15H22BrNO3. The van der Waals surface area contributed by atoms with Crippen molar-refractivity contribution in [2.45, 2.75) is 39.3 Å². The van der Waals surface area contributed by atoms with Crippen molar-refractivity contribution in [3.05, 3.63) is 28.2 Å². The number of ether oxygens (including phenoxy) is 2. The third kappa shape index (κ3) is 6.39. The third-order valence-electron chi connectivity index (χ3n) is 2.72. The molecule has 0 saturated carbocycles. The highest BCUT2D eigenvalue weighted by Crippen LogP contribution is 2.26. The first kappa shape index (κ1) is 17.0. The number of methoxy groups -OCH3 is 1. The predicted molar refractivity (Wildman–Crippen MR) is 82.9 cm³/mol. The number of benzene rings is 1. The van der Waals surface area contributed by atoms with Gasteiger partial charge in [0.1, 0.15) is 5.75 Å². The predicted octanol–water partition coefficient (Wildman–Crippen LogP) is 3.28. The van der Waals surface area contributed by atoms with Crippen molar-refractivity contribution >= 4 is 21.9 Å². The number of halogens is 1. The Balaban J connectivity index is 2.41. The van der Waals surface area contributed by atoms with Gasteiger partial charge in [0.15, 0.2) is 0 Å². The van der Waals surface area contributed by atoms with E-state index in [9.17, 15) is 4.79 Å². The monoisotopic (exact) mass is 343 g/mol. The molecule has 0 atom stereocenters. The molecule has 0 unspecified atom stereocenters. The van der Waals surface area contributed by atoms with Crippen molar-refractivity contribution in [1.82, 2.24) is 5.32 Å². The van der Waals surface area contributed by atoms with Gasteiger partial charge in [-0.3, -0.25) is 4.79 Å². The fourth-order valence-electron chi connectivity index (χ4n) is 1.59. The first-order valence-electron chi connectivity index (χ1n) is 6.74. The van der Waals surface area contributed by atoms with Crippen LogP contribution in [0.2, 0.25) is 0 Å². The second-order valence-corrected chi connectivity index (χ2v) is 5.68. The van der Waals surface area contributed by atoms with Gasteiger partial charge in [0.2, 0.25) is 0 Å². The molecule has 1 aromatic rings. The molecule has 0 spiro atoms. The molecule has 20 heavy (non-hydrogen) atoms. The van der Waals surface area contributed by atoms with Gasteiger partial charge in [0.05, 0.1) is 18.2 Å². The maximum atomic E-state index is 11.0. The van der Waals surface area contributed by atoms with Crippen LogP contribution in [0.1, 0.15) is 32.3 Å². The second kappa shape index (κ2) is 8.97. The number of carbonyl (C=O) groups is 1. The first-order valence-corrected chi connectivity index (χ1v) is 7.53. The van der Waals surface area contributed by atoms with E-state index in [1.54, 1.807) is 0 Å². The number of esters is 1. The van der Waals surface area contributed by atoms with Gasteiger partial charge in [-0.2, -0.15) is 0 Å². The minimum Gasteiger partial charge on any atom is -0.492 e. The van der Waals surface area contributed by atoms with E-state index >= 15 is 0 Å². The Hall–Kier alpha value is -1.07. The zero-order chi connectivity index (χ0) is 15.0. The van der Waals surface area contributed by atoms with E-state index in [1.165, 1.54) is 12.7 Å². The van der Waals surface area contributed by atoms with Crippen LogP contribution in [0, 0.1) is 0 Å². The molecule has 0 saturated heterocycles. The smallest absolute Gasteiger partial charge is 0.305 e. The first-order chi connectivity index (χ1) is 9.52. The number of rotatable bonds is 8. The zero-order valence-electron chi connectivity index (χ0n) is 12.2. The summed E-state index contributed by atoms with van der Waals surface area (Å²) in [4.78, 5) is 11.0. The molecule has 0 aliphatic carbocycles. The summed E-state index contributed by atoms with van der Waals surface area (Å²) in [5.74, 6) is 0.589. The summed E-state index contributed by atoms with van der Waals surface area (Å²) in [7, 11) is 1.39. The normalized spacial score (nSPS) is 10.7. The average molecular weight is 344 g/mol. The number of hydrogen-bond donors (Lipinski definition) is 1. The number of carbonyl (C=O) groups excluding carboxylic acids is 1. The molecular weight excluding hydrogens is 322 g/mol. The number of nitrogens with one attached hydrogen (secondary N) is 1. The van der Waals surface area contributed by atoms with Gasteiger partial charge in [-0.15, -0.1) is 0 Å². The minimum atomic E-state index is -0.206. The van der Waals surface area contributed by atoms with Gasteiger partial charge in [0, 0.05) is 19.0 Å². The van der Waals surface area contributed by atoms with E-state index < -0.39 is 0 Å². The third-order valence-corrected chi connectivity index (χ3v) is 3.34. The standard InChI is InChI=1S/C15H22BrNO3/c1-11(2)17-10-12-6-7-14(13(16)9-12)20-8-4-5-15(18)19-3/h6-7,9,11,17H,4-5,8,10H2,1-3H3. The Kier molecular flexibility index (Phi) is 7.62. The summed E-state index contributed by atoms with van der Waals surface area (Å²) in [5.41, 5.74) is 1.20. The van der Waals surface area contributed by atoms with Crippen LogP contribution in [0.25, 0.3) is 0 Å². The lowest BCUT2D eigenvalue weighted by molar-refractivity contribution is -0.140. The van der Waals surface area contributed by atoms with E-state index in [-0.39, 0.29) is 5.97 Å². The van der Waals surface area contributed by atoms with Crippen LogP contribution in [0.4, 0.5) is 0 Å². The lowest BCUT2D eigenvalue weighted by Gasteiger charge is -2.11. The Morgan fingerprint density at radius 1 is 1.40 bits per heavy atom. The molecule has 1 N–H and O–H groups in total. The average Bonchev–Trinajstić information content (AvgIpc) is 2.42. The van der Waals surface area contributed by atoms with E-state index in [4.69, 9.17) is 4.74 Å². The van der Waals surface area contributed by atoms with Crippen molar-refractivity contribution in [2.24, 2.45) is 0 Å². The Morgan fingerprint density at radius 3 is 2.75 bits per heavy atom. The highest BCUT2D eigenvalue weighted by atomic mass is 79.9. The summed E-state index contributed by atoms with van der Waals surface area (Å²) in [5, 5.41) is 3.37. The highest BCUT2D eigenvalue weighted by Gasteiger charge is 2.05. The SMILES string of the molecule is COC(=O)CCCOc1ccc(CNC(C)C)cc1Br. The molecule has 0 amide bonds. The van der Waals surface area contributed by atoms with Crippen molar-refractivity contribution in [1.29, 1.82) is 0 Å². The fraction of sp³-hybridized carbons (Fsp3) is 0.533. The molecule has 112 valence electrons. The number of hydrogen-bond acceptors (Lipinski definition) is 4. The van der Waals surface area contributed by atoms with Gasteiger partial charge in [0.25, 0.3) is 0 Å². The molecule has 0 aliphatic heterocycles. The summed E-state index contributed by atoms with van der Waals surface area (Å²) in [6.45, 7) is 5.57. The molecule has 0 aliphatic rings. The molecule has 5 heteroatoms. The van der Waals surface area contributed by atoms with Crippen LogP contribution in [0.5, 0.6) is 5.75 Å². The largest absolute Gasteiger partial charge is 0.492 e. The lowest BCUT2D eigenvalue weighted by Crippen LogP contribution is -2.21. The van der Waals surface area contributed by atoms with Crippen LogP contribution in [0.3, 0.4) is 0 Å². The Bertz CT molecular complexity index is 435.